The van der Waals surface area contributed by atoms with Crippen LogP contribution < -0.4 is 10.1 Å². The summed E-state index contributed by atoms with van der Waals surface area (Å²) in [7, 11) is 0. The number of benzene rings is 1. The van der Waals surface area contributed by atoms with Gasteiger partial charge in [-0.3, -0.25) is 0 Å². The lowest BCUT2D eigenvalue weighted by atomic mass is 10.0. The summed E-state index contributed by atoms with van der Waals surface area (Å²) in [4.78, 5) is 0. The molecule has 0 radical (unpaired) electrons. The molecule has 0 saturated heterocycles. The van der Waals surface area contributed by atoms with Crippen LogP contribution in [-0.2, 0) is 4.74 Å². The first-order chi connectivity index (χ1) is 9.24. The molecule has 0 aromatic heterocycles. The van der Waals surface area contributed by atoms with E-state index >= 15 is 0 Å². The van der Waals surface area contributed by atoms with Gasteiger partial charge in [-0.15, -0.1) is 0 Å². The zero-order valence-electron chi connectivity index (χ0n) is 12.2. The van der Waals surface area contributed by atoms with Crippen molar-refractivity contribution >= 4 is 0 Å². The number of nitrogens with one attached hydrogen (secondary N) is 1. The van der Waals surface area contributed by atoms with E-state index in [9.17, 15) is 0 Å². The van der Waals surface area contributed by atoms with Crippen molar-refractivity contribution in [2.75, 3.05) is 13.2 Å². The van der Waals surface area contributed by atoms with Gasteiger partial charge in [-0.2, -0.15) is 0 Å². The van der Waals surface area contributed by atoms with Crippen molar-refractivity contribution in [2.24, 2.45) is 0 Å². The van der Waals surface area contributed by atoms with Crippen molar-refractivity contribution in [3.63, 3.8) is 0 Å². The molecule has 19 heavy (non-hydrogen) atoms. The van der Waals surface area contributed by atoms with Crippen molar-refractivity contribution in [1.82, 2.24) is 5.32 Å². The molecular formula is C16H25NO2. The third kappa shape index (κ3) is 4.22. The summed E-state index contributed by atoms with van der Waals surface area (Å²) in [5, 5.41) is 3.50. The van der Waals surface area contributed by atoms with E-state index in [0.29, 0.717) is 6.10 Å². The van der Waals surface area contributed by atoms with E-state index in [1.54, 1.807) is 0 Å². The second-order valence-corrected chi connectivity index (χ2v) is 5.09. The topological polar surface area (TPSA) is 30.5 Å². The zero-order chi connectivity index (χ0) is 13.7. The molecule has 106 valence electrons. The van der Waals surface area contributed by atoms with E-state index in [1.807, 2.05) is 13.0 Å². The van der Waals surface area contributed by atoms with Crippen molar-refractivity contribution in [3.05, 3.63) is 29.8 Å². The number of hydrogen-bond donors (Lipinski definition) is 1. The van der Waals surface area contributed by atoms with Gasteiger partial charge < -0.3 is 14.8 Å². The number of likely N-dealkylation sites (N-methyl/N-ethyl adjacent to an activating group) is 1. The van der Waals surface area contributed by atoms with Crippen molar-refractivity contribution < 1.29 is 9.47 Å². The minimum atomic E-state index is 0.154. The van der Waals surface area contributed by atoms with E-state index in [4.69, 9.17) is 9.47 Å². The van der Waals surface area contributed by atoms with Crippen LogP contribution in [0, 0.1) is 0 Å². The molecule has 1 saturated carbocycles. The van der Waals surface area contributed by atoms with Crippen LogP contribution in [-0.4, -0.2) is 25.4 Å². The van der Waals surface area contributed by atoms with Crippen molar-refractivity contribution in [2.45, 2.75) is 51.9 Å². The molecule has 1 fully saturated rings. The number of rotatable bonds is 8. The Morgan fingerprint density at radius 3 is 2.74 bits per heavy atom. The molecule has 2 atom stereocenters. The van der Waals surface area contributed by atoms with Gasteiger partial charge in [0.1, 0.15) is 5.75 Å². The molecule has 1 aromatic carbocycles. The van der Waals surface area contributed by atoms with Gasteiger partial charge >= 0.3 is 0 Å². The molecule has 0 aliphatic heterocycles. The summed E-state index contributed by atoms with van der Waals surface area (Å²) in [6.07, 6.45) is 2.98. The first-order valence-electron chi connectivity index (χ1n) is 7.36. The van der Waals surface area contributed by atoms with Crippen LogP contribution >= 0.6 is 0 Å². The molecule has 2 unspecified atom stereocenters. The Morgan fingerprint density at radius 1 is 1.32 bits per heavy atom. The highest BCUT2D eigenvalue weighted by atomic mass is 16.5. The Hall–Kier alpha value is -1.06. The van der Waals surface area contributed by atoms with E-state index in [1.165, 1.54) is 18.4 Å². The Labute approximate surface area is 116 Å². The van der Waals surface area contributed by atoms with Crippen molar-refractivity contribution in [3.8, 4) is 5.75 Å². The third-order valence-corrected chi connectivity index (χ3v) is 3.37. The molecule has 0 amide bonds. The van der Waals surface area contributed by atoms with E-state index in [2.05, 4.69) is 37.4 Å². The zero-order valence-corrected chi connectivity index (χ0v) is 12.2. The Bertz CT molecular complexity index is 390. The quantitative estimate of drug-likeness (QED) is 0.780. The highest BCUT2D eigenvalue weighted by Gasteiger charge is 2.24. The standard InChI is InChI=1S/C16H25NO2/c1-4-17-16(12(3)18-5-2)13-7-6-8-15(11-13)19-14-9-10-14/h6-8,11-12,14,16-17H,4-5,9-10H2,1-3H3. The van der Waals surface area contributed by atoms with Crippen LogP contribution in [0.1, 0.15) is 45.2 Å². The maximum Gasteiger partial charge on any atom is 0.120 e. The van der Waals surface area contributed by atoms with Crippen LogP contribution in [0.2, 0.25) is 0 Å². The fraction of sp³-hybridized carbons (Fsp3) is 0.625. The average Bonchev–Trinajstić information content (AvgIpc) is 3.20. The minimum absolute atomic E-state index is 0.154. The normalized spacial score (nSPS) is 18.1. The largest absolute Gasteiger partial charge is 0.490 e. The van der Waals surface area contributed by atoms with Crippen molar-refractivity contribution in [1.29, 1.82) is 0 Å². The molecule has 3 nitrogen and oxygen atoms in total. The van der Waals surface area contributed by atoms with Gasteiger partial charge in [-0.05, 0) is 50.9 Å². The molecule has 0 heterocycles. The summed E-state index contributed by atoms with van der Waals surface area (Å²) in [5.41, 5.74) is 1.24. The third-order valence-electron chi connectivity index (χ3n) is 3.37. The molecule has 2 rings (SSSR count). The summed E-state index contributed by atoms with van der Waals surface area (Å²) in [6, 6.07) is 8.60. The second-order valence-electron chi connectivity index (χ2n) is 5.09. The predicted octanol–water partition coefficient (Wildman–Crippen LogP) is 3.30. The lowest BCUT2D eigenvalue weighted by molar-refractivity contribution is 0.0476. The fourth-order valence-electron chi connectivity index (χ4n) is 2.29. The lowest BCUT2D eigenvalue weighted by Crippen LogP contribution is -2.32. The monoisotopic (exact) mass is 263 g/mol. The molecule has 0 spiro atoms. The van der Waals surface area contributed by atoms with E-state index in [0.717, 1.165) is 18.9 Å². The van der Waals surface area contributed by atoms with Gasteiger partial charge in [0, 0.05) is 6.61 Å². The van der Waals surface area contributed by atoms with E-state index < -0.39 is 0 Å². The van der Waals surface area contributed by atoms with Gasteiger partial charge in [0.05, 0.1) is 18.2 Å². The highest BCUT2D eigenvalue weighted by molar-refractivity contribution is 5.31. The predicted molar refractivity (Wildman–Crippen MR) is 77.6 cm³/mol. The summed E-state index contributed by atoms with van der Waals surface area (Å²) in [5.74, 6) is 0.978. The smallest absolute Gasteiger partial charge is 0.120 e. The Balaban J connectivity index is 2.09. The maximum absolute atomic E-state index is 5.87. The summed E-state index contributed by atoms with van der Waals surface area (Å²) in [6.45, 7) is 7.94. The first-order valence-corrected chi connectivity index (χ1v) is 7.36. The first kappa shape index (κ1) is 14.4. The molecule has 1 aliphatic rings. The minimum Gasteiger partial charge on any atom is -0.490 e. The van der Waals surface area contributed by atoms with Crippen LogP contribution in [0.3, 0.4) is 0 Å². The average molecular weight is 263 g/mol. The van der Waals surface area contributed by atoms with Crippen LogP contribution in [0.4, 0.5) is 0 Å². The van der Waals surface area contributed by atoms with Gasteiger partial charge in [0.25, 0.3) is 0 Å². The van der Waals surface area contributed by atoms with Gasteiger partial charge in [-0.25, -0.2) is 0 Å². The maximum atomic E-state index is 5.87. The van der Waals surface area contributed by atoms with Crippen LogP contribution in [0.25, 0.3) is 0 Å². The fourth-order valence-corrected chi connectivity index (χ4v) is 2.29. The van der Waals surface area contributed by atoms with Crippen LogP contribution in [0.5, 0.6) is 5.75 Å². The SMILES string of the molecule is CCNC(c1cccc(OC2CC2)c1)C(C)OCC. The van der Waals surface area contributed by atoms with Crippen LogP contribution in [0.15, 0.2) is 24.3 Å². The molecule has 1 aromatic rings. The molecular weight excluding hydrogens is 238 g/mol. The molecule has 3 heteroatoms. The summed E-state index contributed by atoms with van der Waals surface area (Å²) < 4.78 is 11.6. The lowest BCUT2D eigenvalue weighted by Gasteiger charge is -2.25. The van der Waals surface area contributed by atoms with E-state index in [-0.39, 0.29) is 12.1 Å². The Kier molecular flexibility index (Phi) is 5.23. The highest BCUT2D eigenvalue weighted by Crippen LogP contribution is 2.29. The Morgan fingerprint density at radius 2 is 2.11 bits per heavy atom. The van der Waals surface area contributed by atoms with Gasteiger partial charge in [0.2, 0.25) is 0 Å². The second kappa shape index (κ2) is 6.92. The molecule has 0 bridgehead atoms. The molecule has 1 aliphatic carbocycles. The summed E-state index contributed by atoms with van der Waals surface area (Å²) >= 11 is 0. The number of ether oxygens (including phenoxy) is 2. The van der Waals surface area contributed by atoms with Gasteiger partial charge in [0.15, 0.2) is 0 Å². The molecule has 1 N–H and O–H groups in total. The number of hydrogen-bond acceptors (Lipinski definition) is 3. The van der Waals surface area contributed by atoms with Gasteiger partial charge in [-0.1, -0.05) is 19.1 Å².